The third-order valence-electron chi connectivity index (χ3n) is 4.25. The van der Waals surface area contributed by atoms with Gasteiger partial charge in [0.25, 0.3) is 0 Å². The van der Waals surface area contributed by atoms with E-state index in [0.29, 0.717) is 16.9 Å². The molecule has 9 heteroatoms. The van der Waals surface area contributed by atoms with Crippen molar-refractivity contribution in [1.82, 2.24) is 5.32 Å². The summed E-state index contributed by atoms with van der Waals surface area (Å²) < 4.78 is 48.0. The van der Waals surface area contributed by atoms with Crippen LogP contribution in [-0.4, -0.2) is 45.6 Å². The fourth-order valence-corrected chi connectivity index (χ4v) is 3.33. The molecule has 1 atom stereocenters. The quantitative estimate of drug-likeness (QED) is 0.540. The minimum Gasteiger partial charge on any atom is -0.491 e. The lowest BCUT2D eigenvalue weighted by molar-refractivity contribution is -0.131. The van der Waals surface area contributed by atoms with E-state index in [9.17, 15) is 22.4 Å². The molecule has 172 valence electrons. The summed E-state index contributed by atoms with van der Waals surface area (Å²) in [5.74, 6) is 0.623. The molecule has 0 saturated heterocycles. The van der Waals surface area contributed by atoms with E-state index in [0.717, 1.165) is 6.26 Å². The highest BCUT2D eigenvalue weighted by Crippen LogP contribution is 2.16. The zero-order valence-corrected chi connectivity index (χ0v) is 18.9. The van der Waals surface area contributed by atoms with Crippen LogP contribution in [-0.2, 0) is 25.8 Å². The minimum atomic E-state index is -3.66. The summed E-state index contributed by atoms with van der Waals surface area (Å²) in [5, 5.41) is 2.14. The van der Waals surface area contributed by atoms with Crippen molar-refractivity contribution < 1.29 is 31.9 Å². The van der Waals surface area contributed by atoms with Gasteiger partial charge in [0.05, 0.1) is 11.0 Å². The third kappa shape index (κ3) is 8.50. The van der Waals surface area contributed by atoms with Gasteiger partial charge in [-0.15, -0.1) is 0 Å². The van der Waals surface area contributed by atoms with E-state index in [-0.39, 0.29) is 17.4 Å². The number of hydrogen-bond acceptors (Lipinski definition) is 6. The van der Waals surface area contributed by atoms with Gasteiger partial charge < -0.3 is 14.8 Å². The number of rotatable bonds is 10. The predicted molar refractivity (Wildman–Crippen MR) is 120 cm³/mol. The Morgan fingerprint density at radius 2 is 1.69 bits per heavy atom. The van der Waals surface area contributed by atoms with Gasteiger partial charge in [-0.25, -0.2) is 13.2 Å². The Bertz CT molecular complexity index is 1050. The summed E-state index contributed by atoms with van der Waals surface area (Å²) in [6.07, 6.45) is 1.14. The predicted octanol–water partition coefficient (Wildman–Crippen LogP) is 3.69. The molecule has 0 aromatic heterocycles. The van der Waals surface area contributed by atoms with Crippen LogP contribution in [0.4, 0.5) is 9.18 Å². The monoisotopic (exact) mass is 463 g/mol. The topological polar surface area (TPSA) is 98.8 Å². The molecule has 0 bridgehead atoms. The van der Waals surface area contributed by atoms with Gasteiger partial charge in [0.15, 0.2) is 9.84 Å². The number of carbonyl (C=O) groups is 2. The molecule has 0 aliphatic carbocycles. The lowest BCUT2D eigenvalue weighted by Gasteiger charge is -2.15. The number of amides is 1. The van der Waals surface area contributed by atoms with Crippen molar-refractivity contribution in [2.24, 2.45) is 0 Å². The Morgan fingerprint density at radius 1 is 1.06 bits per heavy atom. The smallest absolute Gasteiger partial charge is 0.408 e. The Balaban J connectivity index is 2.01. The van der Waals surface area contributed by atoms with Crippen molar-refractivity contribution in [1.29, 1.82) is 0 Å². The minimum absolute atomic E-state index is 0.00905. The first-order chi connectivity index (χ1) is 15.0. The number of carbonyl (C=O) groups excluding carboxylic acids is 2. The molecule has 0 saturated carbocycles. The van der Waals surface area contributed by atoms with Crippen LogP contribution < -0.4 is 10.1 Å². The molecule has 0 aliphatic rings. The standard InChI is InChI=1S/C23H26FNO6S/c1-16(2)31-19-11-9-18(10-12-19)14-21(22(24)26)25-23(27)30-15-20(32(3,28)29)13-17-7-5-4-6-8-17/h4-13,16,21H,14-15H2,1-3H3,(H,25,27)/b20-13-. The first kappa shape index (κ1) is 25.1. The maximum Gasteiger partial charge on any atom is 0.408 e. The first-order valence-electron chi connectivity index (χ1n) is 9.88. The first-order valence-corrected chi connectivity index (χ1v) is 11.8. The van der Waals surface area contributed by atoms with Crippen molar-refractivity contribution in [3.63, 3.8) is 0 Å². The van der Waals surface area contributed by atoms with E-state index in [1.807, 2.05) is 13.8 Å². The van der Waals surface area contributed by atoms with Crippen LogP contribution in [0.1, 0.15) is 25.0 Å². The number of halogens is 1. The van der Waals surface area contributed by atoms with Crippen molar-refractivity contribution >= 4 is 28.0 Å². The van der Waals surface area contributed by atoms with Crippen molar-refractivity contribution in [2.45, 2.75) is 32.4 Å². The molecule has 2 aromatic rings. The largest absolute Gasteiger partial charge is 0.491 e. The van der Waals surface area contributed by atoms with Gasteiger partial charge in [-0.2, -0.15) is 4.39 Å². The summed E-state index contributed by atoms with van der Waals surface area (Å²) in [6, 6.07) is 12.1. The summed E-state index contributed by atoms with van der Waals surface area (Å²) in [4.78, 5) is 23.3. The molecule has 0 fully saturated rings. The Labute approximate surface area is 187 Å². The molecule has 1 N–H and O–H groups in total. The molecule has 0 spiro atoms. The number of sulfone groups is 1. The summed E-state index contributed by atoms with van der Waals surface area (Å²) in [5.41, 5.74) is 1.21. The van der Waals surface area contributed by atoms with Gasteiger partial charge in [0, 0.05) is 12.7 Å². The molecular weight excluding hydrogens is 437 g/mol. The van der Waals surface area contributed by atoms with Gasteiger partial charge >= 0.3 is 12.1 Å². The number of benzene rings is 2. The van der Waals surface area contributed by atoms with Crippen molar-refractivity contribution in [3.05, 3.63) is 70.6 Å². The van der Waals surface area contributed by atoms with Crippen LogP contribution in [0.15, 0.2) is 59.5 Å². The molecular formula is C23H26FNO6S. The number of hydrogen-bond donors (Lipinski definition) is 1. The average Bonchev–Trinajstić information content (AvgIpc) is 2.71. The summed E-state index contributed by atoms with van der Waals surface area (Å²) >= 11 is 0. The van der Waals surface area contributed by atoms with Crippen LogP contribution >= 0.6 is 0 Å². The third-order valence-corrected chi connectivity index (χ3v) is 5.44. The molecule has 0 radical (unpaired) electrons. The van der Waals surface area contributed by atoms with E-state index >= 15 is 0 Å². The second kappa shape index (κ2) is 11.4. The average molecular weight is 464 g/mol. The lowest BCUT2D eigenvalue weighted by Crippen LogP contribution is -2.41. The fourth-order valence-electron chi connectivity index (χ4n) is 2.71. The maximum absolute atomic E-state index is 13.5. The highest BCUT2D eigenvalue weighted by molar-refractivity contribution is 7.94. The lowest BCUT2D eigenvalue weighted by atomic mass is 10.1. The number of nitrogens with one attached hydrogen (secondary N) is 1. The highest BCUT2D eigenvalue weighted by Gasteiger charge is 2.23. The molecule has 0 heterocycles. The Kier molecular flexibility index (Phi) is 8.95. The summed E-state index contributed by atoms with van der Waals surface area (Å²) in [7, 11) is -3.66. The highest BCUT2D eigenvalue weighted by atomic mass is 32.2. The number of ether oxygens (including phenoxy) is 2. The van der Waals surface area contributed by atoms with Crippen LogP contribution in [0.3, 0.4) is 0 Å². The van der Waals surface area contributed by atoms with Crippen LogP contribution in [0.25, 0.3) is 6.08 Å². The van der Waals surface area contributed by atoms with Crippen molar-refractivity contribution in [3.8, 4) is 5.75 Å². The molecule has 1 amide bonds. The van der Waals surface area contributed by atoms with E-state index in [1.54, 1.807) is 54.6 Å². The molecule has 2 aromatic carbocycles. The summed E-state index contributed by atoms with van der Waals surface area (Å²) in [6.45, 7) is 3.20. The van der Waals surface area contributed by atoms with Gasteiger partial charge in [-0.05, 0) is 43.2 Å². The van der Waals surface area contributed by atoms with Crippen LogP contribution in [0.2, 0.25) is 0 Å². The Morgan fingerprint density at radius 3 is 2.22 bits per heavy atom. The van der Waals surface area contributed by atoms with Gasteiger partial charge in [0.2, 0.25) is 0 Å². The van der Waals surface area contributed by atoms with Crippen LogP contribution in [0.5, 0.6) is 5.75 Å². The second-order valence-corrected chi connectivity index (χ2v) is 9.45. The van der Waals surface area contributed by atoms with E-state index in [2.05, 4.69) is 5.32 Å². The molecule has 0 aliphatic heterocycles. The number of alkyl carbamates (subject to hydrolysis) is 1. The SMILES string of the molecule is CC(C)Oc1ccc(CC(NC(=O)OC/C(=C/c2ccccc2)S(C)(=O)=O)C(=O)F)cc1. The normalized spacial score (nSPS) is 12.8. The maximum atomic E-state index is 13.5. The van der Waals surface area contributed by atoms with Gasteiger partial charge in [0.1, 0.15) is 18.4 Å². The second-order valence-electron chi connectivity index (χ2n) is 7.39. The van der Waals surface area contributed by atoms with Crippen LogP contribution in [0, 0.1) is 0 Å². The van der Waals surface area contributed by atoms with E-state index in [1.165, 1.54) is 6.08 Å². The van der Waals surface area contributed by atoms with E-state index < -0.39 is 34.6 Å². The molecule has 2 rings (SSSR count). The molecule has 7 nitrogen and oxygen atoms in total. The molecule has 1 unspecified atom stereocenters. The Hall–Kier alpha value is -3.20. The van der Waals surface area contributed by atoms with Gasteiger partial charge in [-0.1, -0.05) is 42.5 Å². The zero-order chi connectivity index (χ0) is 23.7. The fraction of sp³-hybridized carbons (Fsp3) is 0.304. The molecule has 32 heavy (non-hydrogen) atoms. The van der Waals surface area contributed by atoms with Crippen molar-refractivity contribution in [2.75, 3.05) is 12.9 Å². The van der Waals surface area contributed by atoms with E-state index in [4.69, 9.17) is 9.47 Å². The van der Waals surface area contributed by atoms with Gasteiger partial charge in [-0.3, -0.25) is 4.79 Å². The zero-order valence-electron chi connectivity index (χ0n) is 18.1.